The molecule has 4 nitrogen and oxygen atoms in total. The maximum Gasteiger partial charge on any atom is 0.389 e. The lowest BCUT2D eigenvalue weighted by atomic mass is 10.1. The average molecular weight is 306 g/mol. The zero-order chi connectivity index (χ0) is 15.3. The highest BCUT2D eigenvalue weighted by Gasteiger charge is 2.28. The Bertz CT molecular complexity index is 518. The second-order valence-corrected chi connectivity index (χ2v) is 4.35. The Morgan fingerprint density at radius 1 is 1.45 bits per heavy atom. The Morgan fingerprint density at radius 2 is 2.10 bits per heavy atom. The Labute approximate surface area is 119 Å². The van der Waals surface area contributed by atoms with Gasteiger partial charge in [0.1, 0.15) is 10.7 Å². The van der Waals surface area contributed by atoms with E-state index in [1.165, 1.54) is 7.11 Å². The van der Waals surface area contributed by atoms with E-state index in [1.807, 2.05) is 0 Å². The number of ether oxygens (including phenoxy) is 1. The summed E-state index contributed by atoms with van der Waals surface area (Å²) in [6.07, 6.45) is -6.27. The molecule has 0 bridgehead atoms. The number of methoxy groups -OCH3 is 1. The minimum absolute atomic E-state index is 0.00928. The molecular formula is C12H13F3N2O2S. The van der Waals surface area contributed by atoms with Crippen LogP contribution in [0.3, 0.4) is 0 Å². The first-order valence-electron chi connectivity index (χ1n) is 5.58. The first-order chi connectivity index (χ1) is 9.24. The third-order valence-corrected chi connectivity index (χ3v) is 2.63. The number of thiocarbonyl (C=S) groups is 1. The summed E-state index contributed by atoms with van der Waals surface area (Å²) >= 11 is 4.82. The van der Waals surface area contributed by atoms with E-state index in [0.29, 0.717) is 5.56 Å². The van der Waals surface area contributed by atoms with Crippen LogP contribution >= 0.6 is 12.2 Å². The van der Waals surface area contributed by atoms with E-state index in [4.69, 9.17) is 22.7 Å². The van der Waals surface area contributed by atoms with Crippen LogP contribution in [0.4, 0.5) is 18.9 Å². The molecule has 3 N–H and O–H groups in total. The molecule has 8 heteroatoms. The van der Waals surface area contributed by atoms with Crippen molar-refractivity contribution in [1.29, 1.82) is 0 Å². The van der Waals surface area contributed by atoms with E-state index in [0.717, 1.165) is 0 Å². The molecule has 0 aliphatic carbocycles. The van der Waals surface area contributed by atoms with Gasteiger partial charge in [-0.15, -0.1) is 0 Å². The van der Waals surface area contributed by atoms with Gasteiger partial charge in [0.05, 0.1) is 19.2 Å². The van der Waals surface area contributed by atoms with E-state index in [9.17, 15) is 18.0 Å². The number of amides is 1. The van der Waals surface area contributed by atoms with Gasteiger partial charge in [-0.1, -0.05) is 18.3 Å². The first-order valence-corrected chi connectivity index (χ1v) is 5.99. The van der Waals surface area contributed by atoms with Crippen molar-refractivity contribution < 1.29 is 22.7 Å². The Kier molecular flexibility index (Phi) is 5.32. The number of halogens is 3. The molecular weight excluding hydrogens is 293 g/mol. The van der Waals surface area contributed by atoms with Crippen molar-refractivity contribution in [1.82, 2.24) is 0 Å². The third-order valence-electron chi connectivity index (χ3n) is 2.41. The van der Waals surface area contributed by atoms with Crippen LogP contribution in [0.5, 0.6) is 5.75 Å². The number of anilines is 1. The van der Waals surface area contributed by atoms with Crippen molar-refractivity contribution in [3.05, 3.63) is 23.8 Å². The second-order valence-electron chi connectivity index (χ2n) is 3.91. The number of alkyl halides is 3. The number of nitrogens with two attached hydrogens (primary N) is 1. The molecule has 0 atom stereocenters. The normalized spacial score (nSPS) is 11.0. The van der Waals surface area contributed by atoms with Crippen molar-refractivity contribution in [3.8, 4) is 5.75 Å². The van der Waals surface area contributed by atoms with Crippen LogP contribution in [0.15, 0.2) is 18.2 Å². The van der Waals surface area contributed by atoms with Gasteiger partial charge in [-0.3, -0.25) is 4.79 Å². The molecule has 0 unspecified atom stereocenters. The largest absolute Gasteiger partial charge is 0.495 e. The molecule has 1 aromatic rings. The molecule has 0 saturated heterocycles. The number of rotatable bonds is 5. The molecule has 0 aliphatic heterocycles. The maximum absolute atomic E-state index is 12.1. The predicted octanol–water partition coefficient (Wildman–Crippen LogP) is 2.61. The maximum atomic E-state index is 12.1. The van der Waals surface area contributed by atoms with E-state index < -0.39 is 24.9 Å². The molecule has 0 spiro atoms. The van der Waals surface area contributed by atoms with Crippen molar-refractivity contribution in [2.45, 2.75) is 19.0 Å². The highest BCUT2D eigenvalue weighted by molar-refractivity contribution is 7.80. The summed E-state index contributed by atoms with van der Waals surface area (Å²) in [6, 6.07) is 4.70. The topological polar surface area (TPSA) is 64.3 Å². The standard InChI is InChI=1S/C12H13F3N2O2S/c1-19-8-4-2-3-7(11(16)20)10(8)17-9(18)5-6-12(13,14)15/h2-4H,5-6H2,1H3,(H2,16,20)(H,17,18). The Balaban J connectivity index is 2.90. The first kappa shape index (κ1) is 16.2. The molecule has 1 rings (SSSR count). The van der Waals surface area contributed by atoms with Crippen LogP contribution in [0.2, 0.25) is 0 Å². The van der Waals surface area contributed by atoms with Crippen LogP contribution in [0.1, 0.15) is 18.4 Å². The molecule has 0 fully saturated rings. The number of para-hydroxylation sites is 1. The minimum atomic E-state index is -4.38. The summed E-state index contributed by atoms with van der Waals surface area (Å²) in [5, 5.41) is 2.35. The van der Waals surface area contributed by atoms with Crippen molar-refractivity contribution >= 4 is 28.8 Å². The van der Waals surface area contributed by atoms with Crippen LogP contribution in [0.25, 0.3) is 0 Å². The zero-order valence-electron chi connectivity index (χ0n) is 10.6. The van der Waals surface area contributed by atoms with Crippen molar-refractivity contribution in [3.63, 3.8) is 0 Å². The van der Waals surface area contributed by atoms with E-state index >= 15 is 0 Å². The third kappa shape index (κ3) is 4.69. The van der Waals surface area contributed by atoms with Gasteiger partial charge in [0.2, 0.25) is 5.91 Å². The summed E-state index contributed by atoms with van der Waals surface area (Å²) in [5.41, 5.74) is 6.01. The molecule has 0 radical (unpaired) electrons. The summed E-state index contributed by atoms with van der Waals surface area (Å²) in [6.45, 7) is 0. The van der Waals surface area contributed by atoms with Gasteiger partial charge < -0.3 is 15.8 Å². The van der Waals surface area contributed by atoms with Crippen LogP contribution in [-0.4, -0.2) is 24.2 Å². The van der Waals surface area contributed by atoms with Crippen LogP contribution in [0, 0.1) is 0 Å². The Morgan fingerprint density at radius 3 is 2.60 bits per heavy atom. The summed E-state index contributed by atoms with van der Waals surface area (Å²) in [7, 11) is 1.37. The van der Waals surface area contributed by atoms with Crippen LogP contribution in [-0.2, 0) is 4.79 Å². The fraction of sp³-hybridized carbons (Fsp3) is 0.333. The second kappa shape index (κ2) is 6.56. The van der Waals surface area contributed by atoms with Gasteiger partial charge in [0.25, 0.3) is 0 Å². The molecule has 0 aromatic heterocycles. The van der Waals surface area contributed by atoms with Gasteiger partial charge in [-0.05, 0) is 12.1 Å². The number of benzene rings is 1. The van der Waals surface area contributed by atoms with Crippen molar-refractivity contribution in [2.24, 2.45) is 5.73 Å². The van der Waals surface area contributed by atoms with E-state index in [1.54, 1.807) is 18.2 Å². The predicted molar refractivity (Wildman–Crippen MR) is 72.8 cm³/mol. The van der Waals surface area contributed by atoms with Gasteiger partial charge in [-0.2, -0.15) is 13.2 Å². The minimum Gasteiger partial charge on any atom is -0.495 e. The van der Waals surface area contributed by atoms with Crippen molar-refractivity contribution in [2.75, 3.05) is 12.4 Å². The van der Waals surface area contributed by atoms with Gasteiger partial charge >= 0.3 is 6.18 Å². The van der Waals surface area contributed by atoms with E-state index in [2.05, 4.69) is 5.32 Å². The fourth-order valence-corrected chi connectivity index (χ4v) is 1.66. The number of carbonyl (C=O) groups is 1. The highest BCUT2D eigenvalue weighted by atomic mass is 32.1. The Hall–Kier alpha value is -1.83. The molecule has 1 amide bonds. The lowest BCUT2D eigenvalue weighted by Gasteiger charge is -2.14. The number of hydrogen-bond acceptors (Lipinski definition) is 3. The quantitative estimate of drug-likeness (QED) is 0.821. The van der Waals surface area contributed by atoms with Gasteiger partial charge in [0, 0.05) is 12.0 Å². The number of nitrogens with one attached hydrogen (secondary N) is 1. The molecule has 0 saturated carbocycles. The molecule has 110 valence electrons. The summed E-state index contributed by atoms with van der Waals surface area (Å²) in [5.74, 6) is -0.514. The lowest BCUT2D eigenvalue weighted by molar-refractivity contribution is -0.142. The fourth-order valence-electron chi connectivity index (χ4n) is 1.49. The van der Waals surface area contributed by atoms with Gasteiger partial charge in [-0.25, -0.2) is 0 Å². The SMILES string of the molecule is COc1cccc(C(N)=S)c1NC(=O)CCC(F)(F)F. The van der Waals surface area contributed by atoms with Gasteiger partial charge in [0.15, 0.2) is 0 Å². The number of hydrogen-bond donors (Lipinski definition) is 2. The molecule has 20 heavy (non-hydrogen) atoms. The summed E-state index contributed by atoms with van der Waals surface area (Å²) < 4.78 is 41.2. The molecule has 0 heterocycles. The number of carbonyl (C=O) groups excluding carboxylic acids is 1. The smallest absolute Gasteiger partial charge is 0.389 e. The molecule has 1 aromatic carbocycles. The zero-order valence-corrected chi connectivity index (χ0v) is 11.4. The summed E-state index contributed by atoms with van der Waals surface area (Å²) in [4.78, 5) is 11.6. The monoisotopic (exact) mass is 306 g/mol. The van der Waals surface area contributed by atoms with E-state index in [-0.39, 0.29) is 16.4 Å². The lowest BCUT2D eigenvalue weighted by Crippen LogP contribution is -2.20. The average Bonchev–Trinajstić information content (AvgIpc) is 2.35. The van der Waals surface area contributed by atoms with Crippen LogP contribution < -0.4 is 15.8 Å². The molecule has 0 aliphatic rings. The highest BCUT2D eigenvalue weighted by Crippen LogP contribution is 2.29.